The third-order valence-electron chi connectivity index (χ3n) is 2.31. The highest BCUT2D eigenvalue weighted by Gasteiger charge is 2.27. The standard InChI is InChI=1S/C9H12ClN3O/c1-14-7-4-13(5-7)9-3-6(11)2-8(10)12-9/h2-3,7H,4-5H2,1H3,(H2,11,12). The second-order valence-electron chi connectivity index (χ2n) is 3.34. The van der Waals surface area contributed by atoms with Gasteiger partial charge in [-0.15, -0.1) is 0 Å². The molecule has 0 aliphatic carbocycles. The van der Waals surface area contributed by atoms with Crippen LogP contribution in [0.1, 0.15) is 0 Å². The zero-order chi connectivity index (χ0) is 10.1. The summed E-state index contributed by atoms with van der Waals surface area (Å²) in [5, 5.41) is 0.431. The average Bonchev–Trinajstić information content (AvgIpc) is 2.00. The summed E-state index contributed by atoms with van der Waals surface area (Å²) in [6.07, 6.45) is 0.303. The number of pyridine rings is 1. The molecule has 0 saturated carbocycles. The Morgan fingerprint density at radius 1 is 1.57 bits per heavy atom. The molecule has 2 heterocycles. The lowest BCUT2D eigenvalue weighted by molar-refractivity contribution is 0.0783. The van der Waals surface area contributed by atoms with Crippen molar-refractivity contribution in [2.75, 3.05) is 30.8 Å². The van der Waals surface area contributed by atoms with E-state index in [0.29, 0.717) is 16.9 Å². The van der Waals surface area contributed by atoms with Gasteiger partial charge in [0, 0.05) is 32.0 Å². The Bertz CT molecular complexity index is 319. The first-order chi connectivity index (χ1) is 6.69. The van der Waals surface area contributed by atoms with Gasteiger partial charge in [-0.3, -0.25) is 0 Å². The number of nitrogens with two attached hydrogens (primary N) is 1. The maximum atomic E-state index is 5.80. The molecule has 0 spiro atoms. The topological polar surface area (TPSA) is 51.4 Å². The third kappa shape index (κ3) is 1.76. The fourth-order valence-corrected chi connectivity index (χ4v) is 1.65. The summed E-state index contributed by atoms with van der Waals surface area (Å²) in [4.78, 5) is 6.26. The summed E-state index contributed by atoms with van der Waals surface area (Å²) >= 11 is 5.80. The van der Waals surface area contributed by atoms with Crippen LogP contribution in [0.25, 0.3) is 0 Å². The van der Waals surface area contributed by atoms with Crippen LogP contribution < -0.4 is 10.6 Å². The molecule has 0 bridgehead atoms. The van der Waals surface area contributed by atoms with Crippen molar-refractivity contribution in [3.05, 3.63) is 17.3 Å². The van der Waals surface area contributed by atoms with Gasteiger partial charge >= 0.3 is 0 Å². The molecule has 0 atom stereocenters. The minimum absolute atomic E-state index is 0.303. The number of halogens is 1. The van der Waals surface area contributed by atoms with Crippen molar-refractivity contribution < 1.29 is 4.74 Å². The minimum Gasteiger partial charge on any atom is -0.399 e. The second-order valence-corrected chi connectivity index (χ2v) is 3.73. The zero-order valence-corrected chi connectivity index (χ0v) is 8.66. The molecule has 1 fully saturated rings. The number of hydrogen-bond donors (Lipinski definition) is 1. The van der Waals surface area contributed by atoms with Crippen LogP contribution in [0.3, 0.4) is 0 Å². The first-order valence-corrected chi connectivity index (χ1v) is 4.77. The van der Waals surface area contributed by atoms with E-state index in [0.717, 1.165) is 18.9 Å². The normalized spacial score (nSPS) is 16.9. The number of rotatable bonds is 2. The van der Waals surface area contributed by atoms with Crippen LogP contribution in [0, 0.1) is 0 Å². The summed E-state index contributed by atoms with van der Waals surface area (Å²) < 4.78 is 5.16. The van der Waals surface area contributed by atoms with Crippen molar-refractivity contribution in [2.45, 2.75) is 6.10 Å². The molecule has 0 aromatic carbocycles. The Hall–Kier alpha value is -1.00. The van der Waals surface area contributed by atoms with E-state index in [9.17, 15) is 0 Å². The predicted octanol–water partition coefficient (Wildman–Crippen LogP) is 1.15. The smallest absolute Gasteiger partial charge is 0.133 e. The molecular weight excluding hydrogens is 202 g/mol. The molecule has 1 aliphatic rings. The summed E-state index contributed by atoms with van der Waals surface area (Å²) in [5.41, 5.74) is 6.30. The number of anilines is 2. The van der Waals surface area contributed by atoms with E-state index in [4.69, 9.17) is 22.1 Å². The lowest BCUT2D eigenvalue weighted by Crippen LogP contribution is -2.52. The van der Waals surface area contributed by atoms with Gasteiger partial charge in [0.1, 0.15) is 11.0 Å². The van der Waals surface area contributed by atoms with E-state index < -0.39 is 0 Å². The molecule has 5 heteroatoms. The number of ether oxygens (including phenoxy) is 1. The number of hydrogen-bond acceptors (Lipinski definition) is 4. The molecule has 1 saturated heterocycles. The average molecular weight is 214 g/mol. The second kappa shape index (κ2) is 3.63. The predicted molar refractivity (Wildman–Crippen MR) is 56.7 cm³/mol. The lowest BCUT2D eigenvalue weighted by Gasteiger charge is -2.39. The molecular formula is C9H12ClN3O. The fraction of sp³-hybridized carbons (Fsp3) is 0.444. The molecule has 2 N–H and O–H groups in total. The summed E-state index contributed by atoms with van der Waals surface area (Å²) in [6, 6.07) is 3.45. The van der Waals surface area contributed by atoms with Crippen LogP contribution in [0.15, 0.2) is 12.1 Å². The van der Waals surface area contributed by atoms with Crippen molar-refractivity contribution in [1.29, 1.82) is 0 Å². The van der Waals surface area contributed by atoms with Crippen LogP contribution in [-0.4, -0.2) is 31.3 Å². The molecule has 0 amide bonds. The van der Waals surface area contributed by atoms with Gasteiger partial charge in [0.15, 0.2) is 0 Å². The van der Waals surface area contributed by atoms with E-state index in [1.807, 2.05) is 6.07 Å². The molecule has 1 aliphatic heterocycles. The van der Waals surface area contributed by atoms with Crippen LogP contribution in [0.4, 0.5) is 11.5 Å². The van der Waals surface area contributed by atoms with Crippen LogP contribution >= 0.6 is 11.6 Å². The van der Waals surface area contributed by atoms with Gasteiger partial charge in [-0.05, 0) is 6.07 Å². The largest absolute Gasteiger partial charge is 0.399 e. The quantitative estimate of drug-likeness (QED) is 0.749. The first kappa shape index (κ1) is 9.55. The van der Waals surface area contributed by atoms with E-state index in [2.05, 4.69) is 9.88 Å². The van der Waals surface area contributed by atoms with E-state index in [1.165, 1.54) is 0 Å². The Morgan fingerprint density at radius 3 is 2.86 bits per heavy atom. The zero-order valence-electron chi connectivity index (χ0n) is 7.90. The Morgan fingerprint density at radius 2 is 2.29 bits per heavy atom. The number of nitrogen functional groups attached to an aromatic ring is 1. The molecule has 1 aromatic heterocycles. The molecule has 0 unspecified atom stereocenters. The van der Waals surface area contributed by atoms with Gasteiger partial charge in [-0.25, -0.2) is 4.98 Å². The highest BCUT2D eigenvalue weighted by atomic mass is 35.5. The maximum absolute atomic E-state index is 5.80. The molecule has 76 valence electrons. The van der Waals surface area contributed by atoms with E-state index >= 15 is 0 Å². The highest BCUT2D eigenvalue weighted by molar-refractivity contribution is 6.29. The molecule has 2 rings (SSSR count). The van der Waals surface area contributed by atoms with Crippen molar-refractivity contribution >= 4 is 23.1 Å². The SMILES string of the molecule is COC1CN(c2cc(N)cc(Cl)n2)C1. The van der Waals surface area contributed by atoms with Crippen molar-refractivity contribution in [3.63, 3.8) is 0 Å². The minimum atomic E-state index is 0.303. The van der Waals surface area contributed by atoms with Crippen LogP contribution in [0.2, 0.25) is 5.15 Å². The van der Waals surface area contributed by atoms with Crippen LogP contribution in [0.5, 0.6) is 0 Å². The van der Waals surface area contributed by atoms with Gasteiger partial charge in [-0.2, -0.15) is 0 Å². The van der Waals surface area contributed by atoms with Crippen LogP contribution in [-0.2, 0) is 4.74 Å². The highest BCUT2D eigenvalue weighted by Crippen LogP contribution is 2.24. The van der Waals surface area contributed by atoms with Gasteiger partial charge in [-0.1, -0.05) is 11.6 Å². The number of aromatic nitrogens is 1. The van der Waals surface area contributed by atoms with E-state index in [1.54, 1.807) is 13.2 Å². The van der Waals surface area contributed by atoms with E-state index in [-0.39, 0.29) is 0 Å². The van der Waals surface area contributed by atoms with Gasteiger partial charge in [0.2, 0.25) is 0 Å². The monoisotopic (exact) mass is 213 g/mol. The Balaban J connectivity index is 2.10. The summed E-state index contributed by atoms with van der Waals surface area (Å²) in [6.45, 7) is 1.70. The fourth-order valence-electron chi connectivity index (χ4n) is 1.44. The van der Waals surface area contributed by atoms with Gasteiger partial charge in [0.25, 0.3) is 0 Å². The Kier molecular flexibility index (Phi) is 2.48. The molecule has 1 aromatic rings. The first-order valence-electron chi connectivity index (χ1n) is 4.40. The molecule has 4 nitrogen and oxygen atoms in total. The number of nitrogens with zero attached hydrogens (tertiary/aromatic N) is 2. The van der Waals surface area contributed by atoms with Gasteiger partial charge < -0.3 is 15.4 Å². The molecule has 14 heavy (non-hydrogen) atoms. The third-order valence-corrected chi connectivity index (χ3v) is 2.50. The molecule has 0 radical (unpaired) electrons. The lowest BCUT2D eigenvalue weighted by atomic mass is 10.1. The van der Waals surface area contributed by atoms with Gasteiger partial charge in [0.05, 0.1) is 6.10 Å². The Labute approximate surface area is 87.6 Å². The van der Waals surface area contributed by atoms with Crippen molar-refractivity contribution in [2.24, 2.45) is 0 Å². The summed E-state index contributed by atoms with van der Waals surface area (Å²) in [7, 11) is 1.71. The number of methoxy groups -OCH3 is 1. The van der Waals surface area contributed by atoms with Crippen molar-refractivity contribution in [3.8, 4) is 0 Å². The maximum Gasteiger partial charge on any atom is 0.133 e. The van der Waals surface area contributed by atoms with Crippen molar-refractivity contribution in [1.82, 2.24) is 4.98 Å². The summed E-state index contributed by atoms with van der Waals surface area (Å²) in [5.74, 6) is 0.823.